The van der Waals surface area contributed by atoms with E-state index in [-0.39, 0.29) is 11.5 Å². The van der Waals surface area contributed by atoms with E-state index in [1.807, 2.05) is 7.05 Å². The van der Waals surface area contributed by atoms with Crippen molar-refractivity contribution in [2.24, 2.45) is 5.41 Å². The van der Waals surface area contributed by atoms with Gasteiger partial charge in [-0.1, -0.05) is 20.8 Å². The number of aryl methyl sites for hydroxylation is 1. The summed E-state index contributed by atoms with van der Waals surface area (Å²) in [5.74, 6) is 1.62. The number of methoxy groups -OCH3 is 1. The molecule has 0 saturated heterocycles. The smallest absolute Gasteiger partial charge is 0.161 e. The first-order valence-corrected chi connectivity index (χ1v) is 7.17. The lowest BCUT2D eigenvalue weighted by Gasteiger charge is -2.28. The maximum Gasteiger partial charge on any atom is 0.161 e. The highest BCUT2D eigenvalue weighted by Crippen LogP contribution is 2.36. The Kier molecular flexibility index (Phi) is 3.78. The average Bonchev–Trinajstić information content (AvgIpc) is 2.67. The van der Waals surface area contributed by atoms with E-state index in [9.17, 15) is 0 Å². The van der Waals surface area contributed by atoms with Gasteiger partial charge in [-0.3, -0.25) is 0 Å². The molecule has 0 spiro atoms. The van der Waals surface area contributed by atoms with Gasteiger partial charge in [0.1, 0.15) is 16.8 Å². The second kappa shape index (κ2) is 5.06. The highest BCUT2D eigenvalue weighted by molar-refractivity contribution is 7.18. The van der Waals surface area contributed by atoms with E-state index in [2.05, 4.69) is 49.0 Å². The molecule has 2 aromatic heterocycles. The van der Waals surface area contributed by atoms with Crippen molar-refractivity contribution in [3.05, 3.63) is 16.8 Å². The van der Waals surface area contributed by atoms with Gasteiger partial charge < -0.3 is 10.1 Å². The van der Waals surface area contributed by atoms with E-state index < -0.39 is 0 Å². The van der Waals surface area contributed by atoms with Crippen molar-refractivity contribution < 1.29 is 4.74 Å². The predicted molar refractivity (Wildman–Crippen MR) is 80.9 cm³/mol. The first-order chi connectivity index (χ1) is 8.86. The molecule has 0 radical (unpaired) electrons. The maximum absolute atomic E-state index is 5.61. The molecule has 5 heteroatoms. The monoisotopic (exact) mass is 279 g/mol. The Bertz CT molecular complexity index is 586. The lowest BCUT2D eigenvalue weighted by Crippen LogP contribution is -2.22. The van der Waals surface area contributed by atoms with Crippen LogP contribution in [0.25, 0.3) is 10.2 Å². The summed E-state index contributed by atoms with van der Waals surface area (Å²) in [5.41, 5.74) is -0.0419. The van der Waals surface area contributed by atoms with Crippen LogP contribution in [-0.2, 0) is 4.74 Å². The number of rotatable bonds is 3. The van der Waals surface area contributed by atoms with E-state index in [4.69, 9.17) is 4.74 Å². The van der Waals surface area contributed by atoms with Gasteiger partial charge in [0.25, 0.3) is 0 Å². The minimum atomic E-state index is -0.119. The zero-order chi connectivity index (χ0) is 14.2. The summed E-state index contributed by atoms with van der Waals surface area (Å²) in [6, 6.07) is 2.12. The summed E-state index contributed by atoms with van der Waals surface area (Å²) in [7, 11) is 3.60. The predicted octanol–water partition coefficient (Wildman–Crippen LogP) is 3.78. The van der Waals surface area contributed by atoms with E-state index in [1.54, 1.807) is 18.4 Å². The van der Waals surface area contributed by atoms with Crippen LogP contribution in [0.15, 0.2) is 6.07 Å². The molecule has 2 aromatic rings. The highest BCUT2D eigenvalue weighted by Gasteiger charge is 2.29. The van der Waals surface area contributed by atoms with Crippen LogP contribution < -0.4 is 5.32 Å². The van der Waals surface area contributed by atoms with Gasteiger partial charge in [0.15, 0.2) is 5.82 Å². The second-order valence-corrected chi connectivity index (χ2v) is 6.97. The summed E-state index contributed by atoms with van der Waals surface area (Å²) in [4.78, 5) is 11.6. The summed E-state index contributed by atoms with van der Waals surface area (Å²) in [6.07, 6.45) is -0.119. The summed E-state index contributed by atoms with van der Waals surface area (Å²) in [6.45, 7) is 8.48. The molecule has 0 aliphatic heterocycles. The molecule has 1 N–H and O–H groups in total. The van der Waals surface area contributed by atoms with Gasteiger partial charge in [0, 0.05) is 19.0 Å². The Morgan fingerprint density at radius 2 is 2.00 bits per heavy atom. The molecule has 2 heterocycles. The molecule has 0 saturated carbocycles. The van der Waals surface area contributed by atoms with Crippen LogP contribution in [0.3, 0.4) is 0 Å². The van der Waals surface area contributed by atoms with Gasteiger partial charge in [-0.15, -0.1) is 11.3 Å². The zero-order valence-corrected chi connectivity index (χ0v) is 13.2. The van der Waals surface area contributed by atoms with Gasteiger partial charge in [-0.05, 0) is 18.4 Å². The van der Waals surface area contributed by atoms with Crippen LogP contribution in [0, 0.1) is 12.3 Å². The fourth-order valence-corrected chi connectivity index (χ4v) is 3.10. The molecule has 4 nitrogen and oxygen atoms in total. The van der Waals surface area contributed by atoms with Crippen molar-refractivity contribution in [1.29, 1.82) is 0 Å². The number of hydrogen-bond donors (Lipinski definition) is 1. The number of nitrogens with zero attached hydrogens (tertiary/aromatic N) is 2. The van der Waals surface area contributed by atoms with Crippen molar-refractivity contribution in [3.63, 3.8) is 0 Å². The molecule has 0 bridgehead atoms. The van der Waals surface area contributed by atoms with Gasteiger partial charge in [-0.2, -0.15) is 0 Å². The Hall–Kier alpha value is -1.20. The van der Waals surface area contributed by atoms with Crippen LogP contribution in [0.2, 0.25) is 0 Å². The molecule has 0 amide bonds. The topological polar surface area (TPSA) is 47.0 Å². The molecule has 0 aromatic carbocycles. The molecule has 0 aliphatic carbocycles. The van der Waals surface area contributed by atoms with Gasteiger partial charge in [-0.25, -0.2) is 9.97 Å². The molecule has 2 rings (SSSR count). The SMILES string of the molecule is CNc1nc(C(OC)C(C)(C)C)nc2sc(C)cc12. The second-order valence-electron chi connectivity index (χ2n) is 5.74. The van der Waals surface area contributed by atoms with E-state index in [0.717, 1.165) is 21.9 Å². The molecule has 19 heavy (non-hydrogen) atoms. The number of hydrogen-bond acceptors (Lipinski definition) is 5. The number of thiophene rings is 1. The standard InChI is InChI=1S/C14H21N3OS/c1-8-7-9-11(15-5)16-12(17-13(9)19-8)10(18-6)14(2,3)4/h7,10H,1-6H3,(H,15,16,17). The Labute approximate surface area is 118 Å². The Morgan fingerprint density at radius 3 is 2.53 bits per heavy atom. The molecule has 0 aliphatic rings. The first kappa shape index (κ1) is 14.2. The fraction of sp³-hybridized carbons (Fsp3) is 0.571. The number of anilines is 1. The molecule has 0 fully saturated rings. The quantitative estimate of drug-likeness (QED) is 0.929. The fourth-order valence-electron chi connectivity index (χ4n) is 2.21. The number of ether oxygens (including phenoxy) is 1. The Morgan fingerprint density at radius 1 is 1.32 bits per heavy atom. The van der Waals surface area contributed by atoms with Crippen LogP contribution in [-0.4, -0.2) is 24.1 Å². The first-order valence-electron chi connectivity index (χ1n) is 6.35. The van der Waals surface area contributed by atoms with E-state index >= 15 is 0 Å². The minimum absolute atomic E-state index is 0.0419. The number of nitrogens with one attached hydrogen (secondary N) is 1. The Balaban J connectivity index is 2.61. The molecule has 1 atom stereocenters. The third-order valence-corrected chi connectivity index (χ3v) is 3.97. The number of aromatic nitrogens is 2. The van der Waals surface area contributed by atoms with E-state index in [1.165, 1.54) is 4.88 Å². The maximum atomic E-state index is 5.61. The molecule has 104 valence electrons. The number of fused-ring (bicyclic) bond motifs is 1. The van der Waals surface area contributed by atoms with Crippen molar-refractivity contribution in [2.45, 2.75) is 33.8 Å². The molecule has 1 unspecified atom stereocenters. The minimum Gasteiger partial charge on any atom is -0.373 e. The summed E-state index contributed by atoms with van der Waals surface area (Å²) >= 11 is 1.69. The van der Waals surface area contributed by atoms with E-state index in [0.29, 0.717) is 0 Å². The summed E-state index contributed by atoms with van der Waals surface area (Å²) < 4.78 is 5.61. The lowest BCUT2D eigenvalue weighted by molar-refractivity contribution is 0.00904. The zero-order valence-electron chi connectivity index (χ0n) is 12.4. The van der Waals surface area contributed by atoms with Gasteiger partial charge >= 0.3 is 0 Å². The highest BCUT2D eigenvalue weighted by atomic mass is 32.1. The largest absolute Gasteiger partial charge is 0.373 e. The van der Waals surface area contributed by atoms with Crippen LogP contribution in [0.5, 0.6) is 0 Å². The normalized spacial score (nSPS) is 13.8. The van der Waals surface area contributed by atoms with Crippen molar-refractivity contribution in [1.82, 2.24) is 9.97 Å². The van der Waals surface area contributed by atoms with Gasteiger partial charge in [0.2, 0.25) is 0 Å². The molecular weight excluding hydrogens is 258 g/mol. The molecular formula is C14H21N3OS. The van der Waals surface area contributed by atoms with Crippen molar-refractivity contribution in [2.75, 3.05) is 19.5 Å². The van der Waals surface area contributed by atoms with Crippen LogP contribution in [0.1, 0.15) is 37.6 Å². The van der Waals surface area contributed by atoms with Gasteiger partial charge in [0.05, 0.1) is 5.39 Å². The van der Waals surface area contributed by atoms with Crippen LogP contribution >= 0.6 is 11.3 Å². The third kappa shape index (κ3) is 2.72. The summed E-state index contributed by atoms with van der Waals surface area (Å²) in [5, 5.41) is 4.24. The average molecular weight is 279 g/mol. The van der Waals surface area contributed by atoms with Crippen molar-refractivity contribution in [3.8, 4) is 0 Å². The van der Waals surface area contributed by atoms with Crippen molar-refractivity contribution >= 4 is 27.4 Å². The third-order valence-electron chi connectivity index (χ3n) is 3.03. The van der Waals surface area contributed by atoms with Crippen LogP contribution in [0.4, 0.5) is 5.82 Å². The lowest BCUT2D eigenvalue weighted by atomic mass is 9.88.